The number of thiophene rings is 1. The molecule has 2 aromatic heterocycles. The van der Waals surface area contributed by atoms with E-state index in [0.29, 0.717) is 6.54 Å². The van der Waals surface area contributed by atoms with Crippen molar-refractivity contribution < 1.29 is 0 Å². The van der Waals surface area contributed by atoms with E-state index >= 15 is 0 Å². The minimum Gasteiger partial charge on any atom is -0.309 e. The maximum atomic E-state index is 12.3. The number of aromatic amines is 1. The van der Waals surface area contributed by atoms with Crippen LogP contribution in [0, 0.1) is 13.8 Å². The van der Waals surface area contributed by atoms with E-state index in [1.165, 1.54) is 5.56 Å². The van der Waals surface area contributed by atoms with Gasteiger partial charge in [-0.15, -0.1) is 11.3 Å². The van der Waals surface area contributed by atoms with Crippen LogP contribution < -0.4 is 5.56 Å². The number of benzene rings is 1. The molecule has 0 amide bonds. The molecule has 0 aliphatic carbocycles. The first-order valence-corrected chi connectivity index (χ1v) is 8.07. The third-order valence-corrected chi connectivity index (χ3v) is 4.90. The number of aryl methyl sites for hydroxylation is 2. The van der Waals surface area contributed by atoms with Gasteiger partial charge in [-0.2, -0.15) is 0 Å². The van der Waals surface area contributed by atoms with Gasteiger partial charge in [0.25, 0.3) is 5.56 Å². The van der Waals surface area contributed by atoms with Gasteiger partial charge in [-0.1, -0.05) is 30.3 Å². The minimum atomic E-state index is -0.0324. The Kier molecular flexibility index (Phi) is 4.09. The van der Waals surface area contributed by atoms with Gasteiger partial charge >= 0.3 is 0 Å². The summed E-state index contributed by atoms with van der Waals surface area (Å²) in [5, 5.41) is 0.733. The fourth-order valence-corrected chi connectivity index (χ4v) is 3.63. The van der Waals surface area contributed by atoms with Gasteiger partial charge < -0.3 is 4.98 Å². The summed E-state index contributed by atoms with van der Waals surface area (Å²) in [4.78, 5) is 23.9. The second-order valence-electron chi connectivity index (χ2n) is 5.63. The topological polar surface area (TPSA) is 49.0 Å². The van der Waals surface area contributed by atoms with Gasteiger partial charge in [0.2, 0.25) is 0 Å². The molecule has 3 aromatic rings. The average Bonchev–Trinajstić information content (AvgIpc) is 2.75. The zero-order chi connectivity index (χ0) is 15.7. The fourth-order valence-electron chi connectivity index (χ4n) is 2.58. The Hall–Kier alpha value is -1.98. The van der Waals surface area contributed by atoms with E-state index in [-0.39, 0.29) is 5.56 Å². The van der Waals surface area contributed by atoms with Crippen molar-refractivity contribution in [2.24, 2.45) is 0 Å². The van der Waals surface area contributed by atoms with Crippen LogP contribution >= 0.6 is 11.3 Å². The molecular weight excluding hydrogens is 294 g/mol. The molecule has 5 heteroatoms. The van der Waals surface area contributed by atoms with Crippen molar-refractivity contribution in [2.75, 3.05) is 7.05 Å². The monoisotopic (exact) mass is 313 g/mol. The summed E-state index contributed by atoms with van der Waals surface area (Å²) in [5.41, 5.74) is 2.25. The molecule has 0 fully saturated rings. The summed E-state index contributed by atoms with van der Waals surface area (Å²) in [6.45, 7) is 5.45. The predicted molar refractivity (Wildman–Crippen MR) is 91.3 cm³/mol. The van der Waals surface area contributed by atoms with E-state index in [1.54, 1.807) is 11.3 Å². The quantitative estimate of drug-likeness (QED) is 0.804. The number of aromatic nitrogens is 2. The molecule has 0 unspecified atom stereocenters. The Bertz CT molecular complexity index is 851. The molecule has 1 aromatic carbocycles. The van der Waals surface area contributed by atoms with E-state index in [9.17, 15) is 4.79 Å². The molecular formula is C17H19N3OS. The van der Waals surface area contributed by atoms with Crippen molar-refractivity contribution >= 4 is 21.6 Å². The van der Waals surface area contributed by atoms with Gasteiger partial charge in [-0.25, -0.2) is 4.98 Å². The third-order valence-electron chi connectivity index (χ3n) is 3.80. The molecule has 3 rings (SSSR count). The number of hydrogen-bond acceptors (Lipinski definition) is 4. The molecule has 0 saturated carbocycles. The first-order valence-electron chi connectivity index (χ1n) is 7.26. The van der Waals surface area contributed by atoms with Gasteiger partial charge in [0.15, 0.2) is 0 Å². The Morgan fingerprint density at radius 2 is 1.91 bits per heavy atom. The van der Waals surface area contributed by atoms with E-state index in [2.05, 4.69) is 27.0 Å². The van der Waals surface area contributed by atoms with Crippen LogP contribution in [-0.2, 0) is 13.1 Å². The van der Waals surface area contributed by atoms with Crippen LogP contribution in [0.15, 0.2) is 35.1 Å². The lowest BCUT2D eigenvalue weighted by molar-refractivity contribution is 0.311. The maximum absolute atomic E-state index is 12.3. The van der Waals surface area contributed by atoms with Gasteiger partial charge in [-0.05, 0) is 32.0 Å². The molecule has 1 N–H and O–H groups in total. The van der Waals surface area contributed by atoms with Crippen LogP contribution in [-0.4, -0.2) is 21.9 Å². The van der Waals surface area contributed by atoms with Gasteiger partial charge in [-0.3, -0.25) is 9.69 Å². The van der Waals surface area contributed by atoms with Crippen molar-refractivity contribution in [3.05, 3.63) is 62.5 Å². The summed E-state index contributed by atoms with van der Waals surface area (Å²) in [6, 6.07) is 10.3. The average molecular weight is 313 g/mol. The van der Waals surface area contributed by atoms with Crippen LogP contribution in [0.4, 0.5) is 0 Å². The van der Waals surface area contributed by atoms with Crippen LogP contribution in [0.2, 0.25) is 0 Å². The second kappa shape index (κ2) is 6.02. The van der Waals surface area contributed by atoms with E-state index in [4.69, 9.17) is 0 Å². The lowest BCUT2D eigenvalue weighted by atomic mass is 10.2. The summed E-state index contributed by atoms with van der Waals surface area (Å²) >= 11 is 1.59. The summed E-state index contributed by atoms with van der Waals surface area (Å²) in [7, 11) is 2.03. The largest absolute Gasteiger partial charge is 0.309 e. The second-order valence-corrected chi connectivity index (χ2v) is 6.84. The van der Waals surface area contributed by atoms with E-state index in [1.807, 2.05) is 39.1 Å². The standard InChI is InChI=1S/C17H19N3OS/c1-11-12(2)22-17-15(11)16(21)18-14(19-17)10-20(3)9-13-7-5-4-6-8-13/h4-8H,9-10H2,1-3H3,(H,18,19,21). The number of rotatable bonds is 4. The highest BCUT2D eigenvalue weighted by Gasteiger charge is 2.12. The third kappa shape index (κ3) is 2.96. The summed E-state index contributed by atoms with van der Waals surface area (Å²) in [5.74, 6) is 0.720. The molecule has 0 aliphatic rings. The van der Waals surface area contributed by atoms with Crippen molar-refractivity contribution in [3.8, 4) is 0 Å². The highest BCUT2D eigenvalue weighted by atomic mass is 32.1. The molecule has 0 radical (unpaired) electrons. The van der Waals surface area contributed by atoms with Crippen molar-refractivity contribution in [3.63, 3.8) is 0 Å². The highest BCUT2D eigenvalue weighted by Crippen LogP contribution is 2.25. The molecule has 0 bridgehead atoms. The van der Waals surface area contributed by atoms with Crippen LogP contribution in [0.25, 0.3) is 10.2 Å². The van der Waals surface area contributed by atoms with Crippen molar-refractivity contribution in [1.82, 2.24) is 14.9 Å². The Morgan fingerprint density at radius 1 is 1.18 bits per heavy atom. The van der Waals surface area contributed by atoms with Gasteiger partial charge in [0.05, 0.1) is 11.9 Å². The van der Waals surface area contributed by atoms with Crippen molar-refractivity contribution in [2.45, 2.75) is 26.9 Å². The normalized spacial score (nSPS) is 11.5. The van der Waals surface area contributed by atoms with Crippen molar-refractivity contribution in [1.29, 1.82) is 0 Å². The van der Waals surface area contributed by atoms with Gasteiger partial charge in [0.1, 0.15) is 10.7 Å². The zero-order valence-electron chi connectivity index (χ0n) is 13.0. The molecule has 0 spiro atoms. The molecule has 114 valence electrons. The summed E-state index contributed by atoms with van der Waals surface area (Å²) in [6.07, 6.45) is 0. The summed E-state index contributed by atoms with van der Waals surface area (Å²) < 4.78 is 0. The predicted octanol–water partition coefficient (Wildman–Crippen LogP) is 3.23. The minimum absolute atomic E-state index is 0.0324. The SMILES string of the molecule is Cc1sc2nc(CN(C)Cc3ccccc3)[nH]c(=O)c2c1C. The molecule has 22 heavy (non-hydrogen) atoms. The molecule has 0 aliphatic heterocycles. The Morgan fingerprint density at radius 3 is 2.64 bits per heavy atom. The Labute approximate surface area is 133 Å². The van der Waals surface area contributed by atoms with E-state index in [0.717, 1.165) is 33.0 Å². The number of nitrogens with zero attached hydrogens (tertiary/aromatic N) is 2. The fraction of sp³-hybridized carbons (Fsp3) is 0.294. The number of hydrogen-bond donors (Lipinski definition) is 1. The lowest BCUT2D eigenvalue weighted by Crippen LogP contribution is -2.21. The zero-order valence-corrected chi connectivity index (χ0v) is 13.8. The van der Waals surface area contributed by atoms with Crippen LogP contribution in [0.5, 0.6) is 0 Å². The smallest absolute Gasteiger partial charge is 0.259 e. The number of fused-ring (bicyclic) bond motifs is 1. The molecule has 0 saturated heterocycles. The van der Waals surface area contributed by atoms with Crippen LogP contribution in [0.1, 0.15) is 21.8 Å². The van der Waals surface area contributed by atoms with E-state index < -0.39 is 0 Å². The van der Waals surface area contributed by atoms with Crippen LogP contribution in [0.3, 0.4) is 0 Å². The number of nitrogens with one attached hydrogen (secondary N) is 1. The van der Waals surface area contributed by atoms with Gasteiger partial charge in [0, 0.05) is 11.4 Å². The first kappa shape index (κ1) is 14.9. The maximum Gasteiger partial charge on any atom is 0.259 e. The first-order chi connectivity index (χ1) is 10.5. The molecule has 4 nitrogen and oxygen atoms in total. The highest BCUT2D eigenvalue weighted by molar-refractivity contribution is 7.18. The molecule has 0 atom stereocenters. The molecule has 2 heterocycles. The Balaban J connectivity index is 1.83. The lowest BCUT2D eigenvalue weighted by Gasteiger charge is -2.15. The number of H-pyrrole nitrogens is 1.